The molecule has 3 unspecified atom stereocenters. The van der Waals surface area contributed by atoms with E-state index in [-0.39, 0.29) is 30.1 Å². The summed E-state index contributed by atoms with van der Waals surface area (Å²) in [7, 11) is -3.83. The van der Waals surface area contributed by atoms with E-state index in [9.17, 15) is 18.3 Å². The van der Waals surface area contributed by atoms with Gasteiger partial charge in [-0.2, -0.15) is 0 Å². The highest BCUT2D eigenvalue weighted by Gasteiger charge is 2.62. The zero-order valence-corrected chi connectivity index (χ0v) is 22.7. The van der Waals surface area contributed by atoms with Crippen molar-refractivity contribution in [2.24, 2.45) is 10.9 Å². The highest BCUT2D eigenvalue weighted by molar-refractivity contribution is 7.92. The molecule has 1 aliphatic carbocycles. The van der Waals surface area contributed by atoms with Gasteiger partial charge in [-0.1, -0.05) is 23.7 Å². The summed E-state index contributed by atoms with van der Waals surface area (Å²) < 4.78 is 34.2. The van der Waals surface area contributed by atoms with Crippen molar-refractivity contribution in [1.29, 1.82) is 0 Å². The molecule has 3 fully saturated rings. The van der Waals surface area contributed by atoms with Gasteiger partial charge in [0.1, 0.15) is 11.4 Å². The van der Waals surface area contributed by atoms with Gasteiger partial charge >= 0.3 is 0 Å². The second-order valence-electron chi connectivity index (χ2n) is 11.1. The molecule has 1 spiro atoms. The lowest BCUT2D eigenvalue weighted by Crippen LogP contribution is -2.53. The number of halogens is 1. The first-order valence-corrected chi connectivity index (χ1v) is 15.1. The molecule has 0 bridgehead atoms. The summed E-state index contributed by atoms with van der Waals surface area (Å²) in [5.41, 5.74) is -1.68. The molecule has 2 aromatic rings. The number of ketones is 1. The molecule has 0 amide bonds. The number of aliphatic hydroxyl groups is 1. The number of rotatable bonds is 5. The summed E-state index contributed by atoms with van der Waals surface area (Å²) in [4.78, 5) is 22.3. The molecule has 3 aliphatic heterocycles. The van der Waals surface area contributed by atoms with Crippen LogP contribution in [0.4, 0.5) is 0 Å². The van der Waals surface area contributed by atoms with Crippen LogP contribution < -0.4 is 0 Å². The maximum Gasteiger partial charge on any atom is 0.181 e. The Kier molecular flexibility index (Phi) is 6.63. The number of nitrogens with zero attached hydrogens (tertiary/aromatic N) is 3. The predicted molar refractivity (Wildman–Crippen MR) is 146 cm³/mol. The molecule has 38 heavy (non-hydrogen) atoms. The van der Waals surface area contributed by atoms with E-state index in [0.29, 0.717) is 11.4 Å². The lowest BCUT2D eigenvalue weighted by atomic mass is 9.72. The first kappa shape index (κ1) is 26.0. The number of piperidine rings is 1. The molecule has 1 N–H and O–H groups in total. The molecule has 10 heteroatoms. The monoisotopic (exact) mass is 557 g/mol. The Morgan fingerprint density at radius 2 is 1.87 bits per heavy atom. The maximum absolute atomic E-state index is 13.7. The lowest BCUT2D eigenvalue weighted by molar-refractivity contribution is -0.166. The van der Waals surface area contributed by atoms with Crippen LogP contribution in [0.15, 0.2) is 58.7 Å². The highest BCUT2D eigenvalue weighted by Crippen LogP contribution is 2.53. The Hall–Kier alpha value is -2.30. The maximum atomic E-state index is 13.7. The number of likely N-dealkylation sites (tertiary alicyclic amines) is 1. The summed E-state index contributed by atoms with van der Waals surface area (Å²) in [5.74, 6) is -0.603. The van der Waals surface area contributed by atoms with Crippen molar-refractivity contribution in [3.63, 3.8) is 0 Å². The first-order chi connectivity index (χ1) is 18.2. The number of ether oxygens (including phenoxy) is 1. The second kappa shape index (κ2) is 9.71. The molecule has 2 saturated heterocycles. The van der Waals surface area contributed by atoms with Gasteiger partial charge in [0, 0.05) is 43.1 Å². The number of benzene rings is 2. The highest BCUT2D eigenvalue weighted by atomic mass is 35.5. The Bertz CT molecular complexity index is 1420. The van der Waals surface area contributed by atoms with Crippen molar-refractivity contribution in [3.05, 3.63) is 53.8 Å². The molecule has 4 aliphatic rings. The summed E-state index contributed by atoms with van der Waals surface area (Å²) in [6.45, 7) is 2.83. The Labute approximate surface area is 227 Å². The van der Waals surface area contributed by atoms with E-state index in [0.717, 1.165) is 49.9 Å². The predicted octanol–water partition coefficient (Wildman–Crippen LogP) is 3.42. The van der Waals surface area contributed by atoms with Crippen molar-refractivity contribution in [2.75, 3.05) is 32.9 Å². The number of carbonyl (C=O) groups excluding carboxylic acids is 1. The molecule has 0 aromatic heterocycles. The Balaban J connectivity index is 1.20. The number of Topliss-reactive ketones (excluding diaryl/α,β-unsaturated/α-hetero) is 1. The largest absolute Gasteiger partial charge is 0.393 e. The van der Waals surface area contributed by atoms with Gasteiger partial charge in [-0.15, -0.1) is 0 Å². The number of sulfone groups is 1. The van der Waals surface area contributed by atoms with E-state index in [1.807, 2.05) is 12.4 Å². The van der Waals surface area contributed by atoms with Crippen molar-refractivity contribution in [2.45, 2.75) is 53.5 Å². The quantitative estimate of drug-likeness (QED) is 0.601. The van der Waals surface area contributed by atoms with Crippen LogP contribution in [-0.4, -0.2) is 84.7 Å². The van der Waals surface area contributed by atoms with Gasteiger partial charge in [0.25, 0.3) is 0 Å². The molecule has 8 nitrogen and oxygen atoms in total. The van der Waals surface area contributed by atoms with Crippen molar-refractivity contribution in [3.8, 4) is 0 Å². The second-order valence-corrected chi connectivity index (χ2v) is 13.8. The van der Waals surface area contributed by atoms with Crippen LogP contribution in [0.1, 0.15) is 32.1 Å². The van der Waals surface area contributed by atoms with Gasteiger partial charge in [0.05, 0.1) is 41.5 Å². The number of carbonyl (C=O) groups is 1. The fourth-order valence-corrected chi connectivity index (χ4v) is 8.68. The van der Waals surface area contributed by atoms with E-state index in [1.54, 1.807) is 42.6 Å². The van der Waals surface area contributed by atoms with Gasteiger partial charge in [0.2, 0.25) is 0 Å². The van der Waals surface area contributed by atoms with E-state index in [2.05, 4.69) is 14.8 Å². The minimum absolute atomic E-state index is 0.0538. The topological polar surface area (TPSA) is 99.5 Å². The zero-order valence-electron chi connectivity index (χ0n) is 21.1. The third-order valence-corrected chi connectivity index (χ3v) is 11.1. The van der Waals surface area contributed by atoms with Gasteiger partial charge in [-0.25, -0.2) is 8.42 Å². The fraction of sp³-hybridized carbons (Fsp3) is 0.500. The summed E-state index contributed by atoms with van der Waals surface area (Å²) >= 11 is 6.08. The normalized spacial score (nSPS) is 29.3. The SMILES string of the molecule is O=C1CC(S(=O)(=O)c2ccc3cc(Cl)ccc3c2)CC2(CO)OC3(CCN(CN4C=CN=CC4)CC3)CC12. The molecule has 1 saturated carbocycles. The molecule has 0 radical (unpaired) electrons. The van der Waals surface area contributed by atoms with Crippen molar-refractivity contribution >= 4 is 44.2 Å². The Morgan fingerprint density at radius 1 is 1.11 bits per heavy atom. The molecule has 3 atom stereocenters. The van der Waals surface area contributed by atoms with Crippen LogP contribution in [-0.2, 0) is 19.4 Å². The molecule has 3 heterocycles. The van der Waals surface area contributed by atoms with Crippen LogP contribution in [0, 0.1) is 5.92 Å². The summed E-state index contributed by atoms with van der Waals surface area (Å²) in [6, 6.07) is 10.3. The van der Waals surface area contributed by atoms with Crippen LogP contribution in [0.3, 0.4) is 0 Å². The average molecular weight is 558 g/mol. The number of fused-ring (bicyclic) bond motifs is 2. The van der Waals surface area contributed by atoms with Gasteiger partial charge in [-0.05, 0) is 60.7 Å². The van der Waals surface area contributed by atoms with Crippen LogP contribution >= 0.6 is 11.6 Å². The third-order valence-electron chi connectivity index (χ3n) is 8.76. The van der Waals surface area contributed by atoms with Crippen LogP contribution in [0.25, 0.3) is 10.8 Å². The van der Waals surface area contributed by atoms with Crippen LogP contribution in [0.5, 0.6) is 0 Å². The number of aliphatic hydroxyl groups excluding tert-OH is 1. The average Bonchev–Trinajstić information content (AvgIpc) is 3.25. The van der Waals surface area contributed by atoms with E-state index < -0.39 is 32.2 Å². The molecule has 6 rings (SSSR count). The summed E-state index contributed by atoms with van der Waals surface area (Å²) in [6.07, 6.45) is 7.74. The van der Waals surface area contributed by atoms with Gasteiger partial charge in [-0.3, -0.25) is 14.7 Å². The zero-order chi connectivity index (χ0) is 26.5. The number of hydrogen-bond donors (Lipinski definition) is 1. The molecule has 2 aromatic carbocycles. The smallest absolute Gasteiger partial charge is 0.181 e. The van der Waals surface area contributed by atoms with Gasteiger partial charge in [0.15, 0.2) is 9.84 Å². The lowest BCUT2D eigenvalue weighted by Gasteiger charge is -2.43. The molecule has 202 valence electrons. The third kappa shape index (κ3) is 4.58. The van der Waals surface area contributed by atoms with Crippen molar-refractivity contribution in [1.82, 2.24) is 9.80 Å². The van der Waals surface area contributed by atoms with E-state index >= 15 is 0 Å². The Morgan fingerprint density at radius 3 is 2.61 bits per heavy atom. The number of aliphatic imine (C=N–C) groups is 1. The molecular formula is C28H32ClN3O5S. The van der Waals surface area contributed by atoms with Crippen molar-refractivity contribution < 1.29 is 23.1 Å². The van der Waals surface area contributed by atoms with E-state index in [4.69, 9.17) is 16.3 Å². The van der Waals surface area contributed by atoms with E-state index in [1.165, 1.54) is 0 Å². The standard InChI is InChI=1S/C28H32ClN3O5S/c29-22-3-1-21-14-23(4-2-20(21)13-22)38(35,36)24-15-26(34)25-17-27(37-28(25,16-24)18-33)5-9-31(10-6-27)19-32-11-7-30-8-12-32/h1-4,7-8,11,13-14,24-25,33H,5-6,9-10,12,15-19H2. The first-order valence-electron chi connectivity index (χ1n) is 13.1. The minimum atomic E-state index is -3.83. The van der Waals surface area contributed by atoms with Crippen LogP contribution in [0.2, 0.25) is 5.02 Å². The van der Waals surface area contributed by atoms with Gasteiger partial charge < -0.3 is 14.7 Å². The molecular weight excluding hydrogens is 526 g/mol. The minimum Gasteiger partial charge on any atom is -0.393 e. The summed E-state index contributed by atoms with van der Waals surface area (Å²) in [5, 5.41) is 11.8. The number of hydrogen-bond acceptors (Lipinski definition) is 8. The fourth-order valence-electron chi connectivity index (χ4n) is 6.68.